The van der Waals surface area contributed by atoms with Crippen LogP contribution >= 0.6 is 0 Å². The third-order valence-electron chi connectivity index (χ3n) is 3.07. The molecule has 0 radical (unpaired) electrons. The standard InChI is InChI=1S/C13H9F3N2O2/c14-13(15,16)10-6-7(4-5-17-10)12-18-8-2-1-3-9(19)11(8)20-12/h4-6H,1-3H2. The summed E-state index contributed by atoms with van der Waals surface area (Å²) < 4.78 is 43.1. The van der Waals surface area contributed by atoms with Gasteiger partial charge in [0.2, 0.25) is 5.89 Å². The van der Waals surface area contributed by atoms with Crippen LogP contribution in [0.15, 0.2) is 22.7 Å². The molecule has 3 rings (SSSR count). The van der Waals surface area contributed by atoms with Gasteiger partial charge in [-0.3, -0.25) is 9.78 Å². The molecule has 0 aromatic carbocycles. The number of aryl methyl sites for hydroxylation is 1. The number of alkyl halides is 3. The first kappa shape index (κ1) is 12.8. The molecule has 1 aliphatic rings. The minimum Gasteiger partial charge on any atom is -0.433 e. The molecule has 2 heterocycles. The molecule has 104 valence electrons. The first-order valence-corrected chi connectivity index (χ1v) is 6.01. The Morgan fingerprint density at radius 3 is 2.75 bits per heavy atom. The molecule has 0 atom stereocenters. The molecule has 0 aliphatic heterocycles. The summed E-state index contributed by atoms with van der Waals surface area (Å²) in [6, 6.07) is 2.23. The number of fused-ring (bicyclic) bond motifs is 1. The number of oxazole rings is 1. The molecule has 1 aliphatic carbocycles. The van der Waals surface area contributed by atoms with E-state index < -0.39 is 11.9 Å². The second-order valence-electron chi connectivity index (χ2n) is 4.50. The highest BCUT2D eigenvalue weighted by Gasteiger charge is 2.33. The Hall–Kier alpha value is -2.18. The summed E-state index contributed by atoms with van der Waals surface area (Å²) in [5.41, 5.74) is -0.339. The van der Waals surface area contributed by atoms with Crippen LogP contribution in [0.25, 0.3) is 11.5 Å². The van der Waals surface area contributed by atoms with Crippen LogP contribution in [0, 0.1) is 0 Å². The highest BCUT2D eigenvalue weighted by Crippen LogP contribution is 2.32. The number of halogens is 3. The molecule has 4 nitrogen and oxygen atoms in total. The van der Waals surface area contributed by atoms with Crippen LogP contribution in [0.2, 0.25) is 0 Å². The second-order valence-corrected chi connectivity index (χ2v) is 4.50. The average molecular weight is 282 g/mol. The monoisotopic (exact) mass is 282 g/mol. The Morgan fingerprint density at radius 1 is 1.25 bits per heavy atom. The zero-order valence-electron chi connectivity index (χ0n) is 10.2. The molecule has 0 amide bonds. The zero-order valence-corrected chi connectivity index (χ0v) is 10.2. The first-order valence-electron chi connectivity index (χ1n) is 6.01. The summed E-state index contributed by atoms with van der Waals surface area (Å²) in [6.45, 7) is 0. The van der Waals surface area contributed by atoms with Gasteiger partial charge in [0.1, 0.15) is 5.69 Å². The van der Waals surface area contributed by atoms with E-state index in [1.165, 1.54) is 6.07 Å². The molecule has 2 aromatic heterocycles. The number of carbonyl (C=O) groups excluding carboxylic acids is 1. The van der Waals surface area contributed by atoms with Crippen molar-refractivity contribution in [2.24, 2.45) is 0 Å². The van der Waals surface area contributed by atoms with Gasteiger partial charge in [-0.15, -0.1) is 0 Å². The van der Waals surface area contributed by atoms with Gasteiger partial charge in [0.25, 0.3) is 0 Å². The highest BCUT2D eigenvalue weighted by atomic mass is 19.4. The Labute approximate surface area is 111 Å². The number of pyridine rings is 1. The fourth-order valence-corrected chi connectivity index (χ4v) is 2.11. The Balaban J connectivity index is 2.04. The van der Waals surface area contributed by atoms with Crippen molar-refractivity contribution >= 4 is 5.78 Å². The van der Waals surface area contributed by atoms with E-state index in [0.29, 0.717) is 25.0 Å². The van der Waals surface area contributed by atoms with Gasteiger partial charge in [-0.25, -0.2) is 4.98 Å². The van der Waals surface area contributed by atoms with E-state index in [0.717, 1.165) is 12.3 Å². The van der Waals surface area contributed by atoms with Crippen molar-refractivity contribution in [3.63, 3.8) is 0 Å². The van der Waals surface area contributed by atoms with Crippen LogP contribution in [0.5, 0.6) is 0 Å². The molecule has 0 spiro atoms. The second kappa shape index (κ2) is 4.43. The van der Waals surface area contributed by atoms with Crippen LogP contribution in [-0.4, -0.2) is 15.8 Å². The fraction of sp³-hybridized carbons (Fsp3) is 0.308. The molecule has 20 heavy (non-hydrogen) atoms. The summed E-state index contributed by atoms with van der Waals surface area (Å²) >= 11 is 0. The zero-order chi connectivity index (χ0) is 14.3. The highest BCUT2D eigenvalue weighted by molar-refractivity contribution is 5.95. The largest absolute Gasteiger partial charge is 0.433 e. The van der Waals surface area contributed by atoms with Crippen molar-refractivity contribution in [3.05, 3.63) is 35.5 Å². The van der Waals surface area contributed by atoms with Gasteiger partial charge in [0.05, 0.1) is 5.69 Å². The van der Waals surface area contributed by atoms with Gasteiger partial charge in [0, 0.05) is 18.2 Å². The number of nitrogens with zero attached hydrogens (tertiary/aromatic N) is 2. The van der Waals surface area contributed by atoms with Crippen molar-refractivity contribution in [2.45, 2.75) is 25.4 Å². The quantitative estimate of drug-likeness (QED) is 0.805. The first-order chi connectivity index (χ1) is 9.45. The third-order valence-corrected chi connectivity index (χ3v) is 3.07. The van der Waals surface area contributed by atoms with Crippen molar-refractivity contribution in [1.29, 1.82) is 0 Å². The van der Waals surface area contributed by atoms with Crippen molar-refractivity contribution in [2.75, 3.05) is 0 Å². The van der Waals surface area contributed by atoms with Crippen molar-refractivity contribution in [1.82, 2.24) is 9.97 Å². The number of Topliss-reactive ketones (excluding diaryl/α,β-unsaturated/α-hetero) is 1. The van der Waals surface area contributed by atoms with E-state index in [4.69, 9.17) is 4.42 Å². The number of aromatic nitrogens is 2. The average Bonchev–Trinajstić information content (AvgIpc) is 2.83. The van der Waals surface area contributed by atoms with E-state index in [1.54, 1.807) is 0 Å². The number of rotatable bonds is 1. The van der Waals surface area contributed by atoms with E-state index in [-0.39, 0.29) is 23.0 Å². The summed E-state index contributed by atoms with van der Waals surface area (Å²) in [5, 5.41) is 0. The fourth-order valence-electron chi connectivity index (χ4n) is 2.11. The lowest BCUT2D eigenvalue weighted by atomic mass is 10.0. The van der Waals surface area contributed by atoms with Gasteiger partial charge < -0.3 is 4.42 Å². The number of carbonyl (C=O) groups is 1. The van der Waals surface area contributed by atoms with Gasteiger partial charge in [-0.1, -0.05) is 0 Å². The SMILES string of the molecule is O=C1CCCc2nc(-c3ccnc(C(F)(F)F)c3)oc21. The van der Waals surface area contributed by atoms with Crippen LogP contribution < -0.4 is 0 Å². The van der Waals surface area contributed by atoms with E-state index >= 15 is 0 Å². The van der Waals surface area contributed by atoms with Crippen LogP contribution in [0.1, 0.15) is 34.8 Å². The number of ketones is 1. The smallest absolute Gasteiger partial charge is 0.433 e. The van der Waals surface area contributed by atoms with Crippen LogP contribution in [-0.2, 0) is 12.6 Å². The van der Waals surface area contributed by atoms with Crippen molar-refractivity contribution in [3.8, 4) is 11.5 Å². The predicted octanol–water partition coefficient (Wildman–Crippen LogP) is 3.27. The number of hydrogen-bond acceptors (Lipinski definition) is 4. The minimum atomic E-state index is -4.53. The molecule has 0 unspecified atom stereocenters. The van der Waals surface area contributed by atoms with E-state index in [2.05, 4.69) is 9.97 Å². The van der Waals surface area contributed by atoms with Gasteiger partial charge in [0.15, 0.2) is 11.5 Å². The predicted molar refractivity (Wildman–Crippen MR) is 62.0 cm³/mol. The minimum absolute atomic E-state index is 0.0261. The van der Waals surface area contributed by atoms with Crippen LogP contribution in [0.4, 0.5) is 13.2 Å². The summed E-state index contributed by atoms with van der Waals surface area (Å²) in [5.74, 6) is 0.0323. The summed E-state index contributed by atoms with van der Waals surface area (Å²) in [6.07, 6.45) is -1.82. The summed E-state index contributed by atoms with van der Waals surface area (Å²) in [4.78, 5) is 19.0. The molecular weight excluding hydrogens is 273 g/mol. The van der Waals surface area contributed by atoms with Crippen LogP contribution in [0.3, 0.4) is 0 Å². The topological polar surface area (TPSA) is 56.0 Å². The van der Waals surface area contributed by atoms with Gasteiger partial charge in [-0.05, 0) is 25.0 Å². The van der Waals surface area contributed by atoms with Gasteiger partial charge >= 0.3 is 6.18 Å². The molecule has 0 saturated heterocycles. The Morgan fingerprint density at radius 2 is 2.05 bits per heavy atom. The molecule has 7 heteroatoms. The molecule has 0 bridgehead atoms. The number of hydrogen-bond donors (Lipinski definition) is 0. The molecule has 2 aromatic rings. The molecule has 0 fully saturated rings. The van der Waals surface area contributed by atoms with Crippen molar-refractivity contribution < 1.29 is 22.4 Å². The van der Waals surface area contributed by atoms with Gasteiger partial charge in [-0.2, -0.15) is 13.2 Å². The maximum absolute atomic E-state index is 12.6. The normalized spacial score (nSPS) is 15.2. The summed E-state index contributed by atoms with van der Waals surface area (Å²) in [7, 11) is 0. The molecular formula is C13H9F3N2O2. The molecule has 0 N–H and O–H groups in total. The maximum Gasteiger partial charge on any atom is 0.433 e. The van der Waals surface area contributed by atoms with E-state index in [9.17, 15) is 18.0 Å². The lowest BCUT2D eigenvalue weighted by molar-refractivity contribution is -0.141. The Kier molecular flexibility index (Phi) is 2.84. The molecule has 0 saturated carbocycles. The Bertz CT molecular complexity index is 676. The third kappa shape index (κ3) is 2.19. The maximum atomic E-state index is 12.6. The lowest BCUT2D eigenvalue weighted by Gasteiger charge is -2.05. The van der Waals surface area contributed by atoms with E-state index in [1.807, 2.05) is 0 Å². The lowest BCUT2D eigenvalue weighted by Crippen LogP contribution is -2.08.